The van der Waals surface area contributed by atoms with E-state index in [0.29, 0.717) is 17.8 Å². The molecule has 0 aliphatic carbocycles. The third-order valence-electron chi connectivity index (χ3n) is 3.66. The van der Waals surface area contributed by atoms with Crippen molar-refractivity contribution >= 4 is 17.2 Å². The Morgan fingerprint density at radius 3 is 2.69 bits per heavy atom. The average molecular weight is 237 g/mol. The van der Waals surface area contributed by atoms with Crippen molar-refractivity contribution in [3.05, 3.63) is 16.6 Å². The smallest absolute Gasteiger partial charge is 0.273 e. The molecule has 2 N–H and O–H groups in total. The quantitative estimate of drug-likeness (QED) is 0.799. The number of carbonyl (C=O) groups excluding carboxylic acids is 1. The molecule has 1 aromatic rings. The van der Waals surface area contributed by atoms with Gasteiger partial charge >= 0.3 is 0 Å². The SMILES string of the molecule is NC1CC2CCC(C1)N2C(=O)c1cscn1. The molecule has 16 heavy (non-hydrogen) atoms. The molecular weight excluding hydrogens is 222 g/mol. The number of piperidine rings is 1. The number of amides is 1. The molecule has 3 heterocycles. The van der Waals surface area contributed by atoms with Crippen LogP contribution in [0.3, 0.4) is 0 Å². The molecule has 2 saturated heterocycles. The molecule has 0 radical (unpaired) electrons. The van der Waals surface area contributed by atoms with Crippen LogP contribution < -0.4 is 5.73 Å². The standard InChI is InChI=1S/C11H15N3OS/c12-7-3-8-1-2-9(4-7)14(8)11(15)10-5-16-6-13-10/h5-9H,1-4,12H2. The molecule has 5 heteroatoms. The number of hydrogen-bond acceptors (Lipinski definition) is 4. The van der Waals surface area contributed by atoms with E-state index < -0.39 is 0 Å². The van der Waals surface area contributed by atoms with Crippen molar-refractivity contribution in [1.29, 1.82) is 0 Å². The number of aromatic nitrogens is 1. The van der Waals surface area contributed by atoms with E-state index in [0.717, 1.165) is 25.7 Å². The van der Waals surface area contributed by atoms with Crippen molar-refractivity contribution in [2.45, 2.75) is 43.8 Å². The van der Waals surface area contributed by atoms with Crippen molar-refractivity contribution in [3.8, 4) is 0 Å². The van der Waals surface area contributed by atoms with Crippen LogP contribution in [0.2, 0.25) is 0 Å². The van der Waals surface area contributed by atoms with Crippen LogP contribution in [-0.4, -0.2) is 33.9 Å². The molecule has 0 spiro atoms. The fourth-order valence-corrected chi connectivity index (χ4v) is 3.53. The summed E-state index contributed by atoms with van der Waals surface area (Å²) < 4.78 is 0. The van der Waals surface area contributed by atoms with E-state index in [4.69, 9.17) is 5.73 Å². The highest BCUT2D eigenvalue weighted by atomic mass is 32.1. The highest BCUT2D eigenvalue weighted by Gasteiger charge is 2.42. The Morgan fingerprint density at radius 1 is 1.44 bits per heavy atom. The van der Waals surface area contributed by atoms with Gasteiger partial charge in [-0.25, -0.2) is 4.98 Å². The third kappa shape index (κ3) is 1.55. The van der Waals surface area contributed by atoms with Crippen LogP contribution in [0, 0.1) is 0 Å². The lowest BCUT2D eigenvalue weighted by Crippen LogP contribution is -2.50. The molecule has 2 bridgehead atoms. The van der Waals surface area contributed by atoms with Gasteiger partial charge in [-0.1, -0.05) is 0 Å². The molecule has 0 saturated carbocycles. The summed E-state index contributed by atoms with van der Waals surface area (Å²) in [4.78, 5) is 18.4. The first-order valence-electron chi connectivity index (χ1n) is 5.72. The second-order valence-corrected chi connectivity index (χ2v) is 5.42. The lowest BCUT2D eigenvalue weighted by molar-refractivity contribution is 0.0570. The van der Waals surface area contributed by atoms with E-state index in [-0.39, 0.29) is 11.9 Å². The van der Waals surface area contributed by atoms with E-state index in [9.17, 15) is 4.79 Å². The van der Waals surface area contributed by atoms with Gasteiger partial charge < -0.3 is 10.6 Å². The Balaban J connectivity index is 1.84. The van der Waals surface area contributed by atoms with Gasteiger partial charge in [-0.3, -0.25) is 4.79 Å². The normalized spacial score (nSPS) is 33.1. The number of fused-ring (bicyclic) bond motifs is 2. The molecule has 2 atom stereocenters. The van der Waals surface area contributed by atoms with Crippen LogP contribution >= 0.6 is 11.3 Å². The van der Waals surface area contributed by atoms with Crippen molar-refractivity contribution < 1.29 is 4.79 Å². The van der Waals surface area contributed by atoms with Crippen LogP contribution in [0.25, 0.3) is 0 Å². The fraction of sp³-hybridized carbons (Fsp3) is 0.636. The second kappa shape index (κ2) is 3.82. The molecule has 2 unspecified atom stereocenters. The Kier molecular flexibility index (Phi) is 2.44. The summed E-state index contributed by atoms with van der Waals surface area (Å²) in [5.74, 6) is 0.0978. The zero-order chi connectivity index (χ0) is 11.1. The fourth-order valence-electron chi connectivity index (χ4n) is 3.00. The molecule has 1 amide bonds. The number of nitrogens with two attached hydrogens (primary N) is 1. The number of thiazole rings is 1. The molecule has 4 nitrogen and oxygen atoms in total. The van der Waals surface area contributed by atoms with Crippen molar-refractivity contribution in [2.24, 2.45) is 5.73 Å². The third-order valence-corrected chi connectivity index (χ3v) is 4.24. The first-order chi connectivity index (χ1) is 7.75. The van der Waals surface area contributed by atoms with Crippen LogP contribution in [0.4, 0.5) is 0 Å². The summed E-state index contributed by atoms with van der Waals surface area (Å²) in [7, 11) is 0. The minimum Gasteiger partial charge on any atom is -0.331 e. The maximum absolute atomic E-state index is 12.3. The van der Waals surface area contributed by atoms with Crippen LogP contribution in [0.5, 0.6) is 0 Å². The molecule has 3 rings (SSSR count). The zero-order valence-electron chi connectivity index (χ0n) is 9.00. The van der Waals surface area contributed by atoms with Gasteiger partial charge in [0.25, 0.3) is 5.91 Å². The summed E-state index contributed by atoms with van der Waals surface area (Å²) in [6, 6.07) is 0.975. The Labute approximate surface area is 98.5 Å². The molecule has 1 aromatic heterocycles. The van der Waals surface area contributed by atoms with E-state index >= 15 is 0 Å². The maximum atomic E-state index is 12.3. The summed E-state index contributed by atoms with van der Waals surface area (Å²) in [6.45, 7) is 0. The van der Waals surface area contributed by atoms with Gasteiger partial charge in [-0.05, 0) is 25.7 Å². The lowest BCUT2D eigenvalue weighted by atomic mass is 9.98. The molecule has 86 valence electrons. The number of nitrogens with zero attached hydrogens (tertiary/aromatic N) is 2. The van der Waals surface area contributed by atoms with Crippen molar-refractivity contribution in [2.75, 3.05) is 0 Å². The molecular formula is C11H15N3OS. The number of hydrogen-bond donors (Lipinski definition) is 1. The summed E-state index contributed by atoms with van der Waals surface area (Å²) in [5, 5.41) is 1.83. The van der Waals surface area contributed by atoms with Crippen LogP contribution in [0.15, 0.2) is 10.9 Å². The van der Waals surface area contributed by atoms with Gasteiger partial charge in [0, 0.05) is 23.5 Å². The predicted octanol–water partition coefficient (Wildman–Crippen LogP) is 1.24. The molecule has 2 aliphatic rings. The van der Waals surface area contributed by atoms with Crippen LogP contribution in [-0.2, 0) is 0 Å². The van der Waals surface area contributed by atoms with Gasteiger partial charge in [-0.15, -0.1) is 11.3 Å². The molecule has 2 fully saturated rings. The Bertz CT molecular complexity index is 378. The minimum atomic E-state index is 0.0978. The monoisotopic (exact) mass is 237 g/mol. The molecule has 2 aliphatic heterocycles. The highest BCUT2D eigenvalue weighted by molar-refractivity contribution is 7.07. The first kappa shape index (κ1) is 10.2. The maximum Gasteiger partial charge on any atom is 0.273 e. The summed E-state index contributed by atoms with van der Waals surface area (Å²) in [5.41, 5.74) is 8.29. The summed E-state index contributed by atoms with van der Waals surface area (Å²) in [6.07, 6.45) is 4.11. The summed E-state index contributed by atoms with van der Waals surface area (Å²) >= 11 is 1.47. The van der Waals surface area contributed by atoms with Gasteiger partial charge in [-0.2, -0.15) is 0 Å². The average Bonchev–Trinajstić information content (AvgIpc) is 2.85. The Hall–Kier alpha value is -0.940. The minimum absolute atomic E-state index is 0.0978. The second-order valence-electron chi connectivity index (χ2n) is 4.70. The predicted molar refractivity (Wildman–Crippen MR) is 62.3 cm³/mol. The number of carbonyl (C=O) groups is 1. The highest BCUT2D eigenvalue weighted by Crippen LogP contribution is 2.35. The first-order valence-corrected chi connectivity index (χ1v) is 6.66. The topological polar surface area (TPSA) is 59.2 Å². The van der Waals surface area contributed by atoms with Crippen molar-refractivity contribution in [1.82, 2.24) is 9.88 Å². The van der Waals surface area contributed by atoms with Crippen molar-refractivity contribution in [3.63, 3.8) is 0 Å². The van der Waals surface area contributed by atoms with Gasteiger partial charge in [0.2, 0.25) is 0 Å². The van der Waals surface area contributed by atoms with E-state index in [1.807, 2.05) is 10.3 Å². The van der Waals surface area contributed by atoms with Gasteiger partial charge in [0.15, 0.2) is 0 Å². The Morgan fingerprint density at radius 2 is 2.12 bits per heavy atom. The van der Waals surface area contributed by atoms with E-state index in [1.54, 1.807) is 5.51 Å². The number of rotatable bonds is 1. The lowest BCUT2D eigenvalue weighted by Gasteiger charge is -2.37. The van der Waals surface area contributed by atoms with Gasteiger partial charge in [0.05, 0.1) is 5.51 Å². The van der Waals surface area contributed by atoms with Crippen LogP contribution in [0.1, 0.15) is 36.2 Å². The van der Waals surface area contributed by atoms with E-state index in [2.05, 4.69) is 4.98 Å². The zero-order valence-corrected chi connectivity index (χ0v) is 9.82. The van der Waals surface area contributed by atoms with E-state index in [1.165, 1.54) is 11.3 Å². The largest absolute Gasteiger partial charge is 0.331 e. The molecule has 0 aromatic carbocycles. The van der Waals surface area contributed by atoms with Gasteiger partial charge in [0.1, 0.15) is 5.69 Å².